The molecule has 0 unspecified atom stereocenters. The van der Waals surface area contributed by atoms with Gasteiger partial charge in [0, 0.05) is 29.5 Å². The Kier molecular flexibility index (Phi) is 4.72. The van der Waals surface area contributed by atoms with Crippen LogP contribution in [-0.2, 0) is 13.0 Å². The number of carbonyl (C=O) groups excluding carboxylic acids is 1. The van der Waals surface area contributed by atoms with Crippen LogP contribution in [0.2, 0.25) is 0 Å². The Bertz CT molecular complexity index is 1540. The molecule has 1 aliphatic rings. The fraction of sp³-hybridized carbons (Fsp3) is 0.154. The Balaban J connectivity index is 1.29. The van der Waals surface area contributed by atoms with Gasteiger partial charge in [-0.05, 0) is 49.4 Å². The Morgan fingerprint density at radius 2 is 1.88 bits per heavy atom. The summed E-state index contributed by atoms with van der Waals surface area (Å²) >= 11 is 0. The van der Waals surface area contributed by atoms with Crippen molar-refractivity contribution in [3.63, 3.8) is 0 Å². The molecule has 8 heteroatoms. The average molecular weight is 453 g/mol. The molecule has 0 saturated carbocycles. The predicted molar refractivity (Wildman–Crippen MR) is 124 cm³/mol. The van der Waals surface area contributed by atoms with Crippen LogP contribution in [0.3, 0.4) is 0 Å². The molecule has 7 nitrogen and oxygen atoms in total. The first-order valence-electron chi connectivity index (χ1n) is 11.0. The molecule has 0 N–H and O–H groups in total. The monoisotopic (exact) mass is 453 g/mol. The highest BCUT2D eigenvalue weighted by atomic mass is 19.1. The van der Waals surface area contributed by atoms with E-state index in [1.165, 1.54) is 12.1 Å². The van der Waals surface area contributed by atoms with Gasteiger partial charge in [0.15, 0.2) is 11.6 Å². The summed E-state index contributed by atoms with van der Waals surface area (Å²) in [6.45, 7) is 2.76. The van der Waals surface area contributed by atoms with Gasteiger partial charge < -0.3 is 9.42 Å². The summed E-state index contributed by atoms with van der Waals surface area (Å²) in [4.78, 5) is 19.9. The first kappa shape index (κ1) is 20.3. The number of carbonyl (C=O) groups is 1. The third kappa shape index (κ3) is 3.35. The predicted octanol–water partition coefficient (Wildman–Crippen LogP) is 4.72. The van der Waals surface area contributed by atoms with Gasteiger partial charge in [0.25, 0.3) is 5.91 Å². The molecular formula is C26H20FN5O2. The number of halogens is 1. The molecule has 0 radical (unpaired) electrons. The maximum atomic E-state index is 13.5. The average Bonchev–Trinajstić information content (AvgIpc) is 3.47. The third-order valence-electron chi connectivity index (χ3n) is 6.27. The van der Waals surface area contributed by atoms with Crippen LogP contribution in [0, 0.1) is 12.7 Å². The van der Waals surface area contributed by atoms with E-state index < -0.39 is 0 Å². The van der Waals surface area contributed by atoms with E-state index in [0.717, 1.165) is 33.4 Å². The van der Waals surface area contributed by atoms with Crippen LogP contribution in [0.15, 0.2) is 71.4 Å². The molecule has 34 heavy (non-hydrogen) atoms. The van der Waals surface area contributed by atoms with E-state index in [1.54, 1.807) is 27.9 Å². The van der Waals surface area contributed by atoms with Crippen molar-refractivity contribution in [2.45, 2.75) is 19.9 Å². The summed E-state index contributed by atoms with van der Waals surface area (Å²) in [5.41, 5.74) is 4.53. The van der Waals surface area contributed by atoms with Gasteiger partial charge in [0.1, 0.15) is 5.82 Å². The number of para-hydroxylation sites is 1. The molecule has 1 amide bonds. The highest BCUT2D eigenvalue weighted by Gasteiger charge is 2.29. The molecule has 0 spiro atoms. The number of pyridine rings is 1. The lowest BCUT2D eigenvalue weighted by Gasteiger charge is -2.26. The van der Waals surface area contributed by atoms with E-state index in [0.29, 0.717) is 36.7 Å². The van der Waals surface area contributed by atoms with Crippen LogP contribution in [0.25, 0.3) is 28.0 Å². The molecule has 6 rings (SSSR count). The van der Waals surface area contributed by atoms with Gasteiger partial charge in [-0.1, -0.05) is 23.4 Å². The Morgan fingerprint density at radius 1 is 1.06 bits per heavy atom. The Hall–Kier alpha value is -4.33. The maximum Gasteiger partial charge on any atom is 0.257 e. The van der Waals surface area contributed by atoms with E-state index in [9.17, 15) is 9.18 Å². The fourth-order valence-corrected chi connectivity index (χ4v) is 4.41. The second kappa shape index (κ2) is 7.91. The van der Waals surface area contributed by atoms with E-state index in [1.807, 2.05) is 43.3 Å². The first-order chi connectivity index (χ1) is 16.6. The molecule has 0 aliphatic carbocycles. The SMILES string of the molecule is Cc1c(C(=O)N2CCc3noc(-c4ccc(F)cc4)c3C2)cnn1-c1ccc2ccccc2n1. The van der Waals surface area contributed by atoms with Crippen molar-refractivity contribution >= 4 is 16.8 Å². The van der Waals surface area contributed by atoms with Crippen LogP contribution in [-0.4, -0.2) is 37.3 Å². The van der Waals surface area contributed by atoms with Crippen molar-refractivity contribution in [2.24, 2.45) is 0 Å². The van der Waals surface area contributed by atoms with Crippen molar-refractivity contribution < 1.29 is 13.7 Å². The molecule has 5 aromatic rings. The van der Waals surface area contributed by atoms with Gasteiger partial charge in [-0.3, -0.25) is 4.79 Å². The van der Waals surface area contributed by atoms with E-state index >= 15 is 0 Å². The van der Waals surface area contributed by atoms with Crippen molar-refractivity contribution in [3.8, 4) is 17.1 Å². The van der Waals surface area contributed by atoms with Gasteiger partial charge in [0.05, 0.1) is 35.2 Å². The van der Waals surface area contributed by atoms with E-state index in [-0.39, 0.29) is 11.7 Å². The molecular weight excluding hydrogens is 433 g/mol. The second-order valence-corrected chi connectivity index (χ2v) is 8.34. The van der Waals surface area contributed by atoms with Crippen LogP contribution in [0.4, 0.5) is 4.39 Å². The molecule has 2 aromatic carbocycles. The summed E-state index contributed by atoms with van der Waals surface area (Å²) in [6.07, 6.45) is 2.18. The molecule has 4 heterocycles. The highest BCUT2D eigenvalue weighted by molar-refractivity contribution is 5.95. The first-order valence-corrected chi connectivity index (χ1v) is 11.0. The number of fused-ring (bicyclic) bond motifs is 2. The summed E-state index contributed by atoms with van der Waals surface area (Å²) in [7, 11) is 0. The van der Waals surface area contributed by atoms with Crippen molar-refractivity contribution in [3.05, 3.63) is 95.2 Å². The smallest absolute Gasteiger partial charge is 0.257 e. The maximum absolute atomic E-state index is 13.5. The Labute approximate surface area is 194 Å². The Morgan fingerprint density at radius 3 is 2.74 bits per heavy atom. The quantitative estimate of drug-likeness (QED) is 0.395. The fourth-order valence-electron chi connectivity index (χ4n) is 4.41. The lowest BCUT2D eigenvalue weighted by atomic mass is 10.0. The largest absolute Gasteiger partial charge is 0.356 e. The minimum atomic E-state index is -0.317. The summed E-state index contributed by atoms with van der Waals surface area (Å²) in [5, 5.41) is 9.68. The number of benzene rings is 2. The third-order valence-corrected chi connectivity index (χ3v) is 6.27. The van der Waals surface area contributed by atoms with Gasteiger partial charge in [-0.2, -0.15) is 5.10 Å². The topological polar surface area (TPSA) is 77.0 Å². The number of hydrogen-bond acceptors (Lipinski definition) is 5. The second-order valence-electron chi connectivity index (χ2n) is 8.34. The molecule has 0 atom stereocenters. The lowest BCUT2D eigenvalue weighted by Crippen LogP contribution is -2.36. The molecule has 1 aliphatic heterocycles. The number of nitrogens with zero attached hydrogens (tertiary/aromatic N) is 5. The van der Waals surface area contributed by atoms with Crippen molar-refractivity contribution in [2.75, 3.05) is 6.54 Å². The van der Waals surface area contributed by atoms with Crippen LogP contribution in [0.1, 0.15) is 27.3 Å². The zero-order chi connectivity index (χ0) is 23.2. The summed E-state index contributed by atoms with van der Waals surface area (Å²) < 4.78 is 20.6. The lowest BCUT2D eigenvalue weighted by molar-refractivity contribution is 0.0734. The zero-order valence-corrected chi connectivity index (χ0v) is 18.4. The molecule has 168 valence electrons. The highest BCUT2D eigenvalue weighted by Crippen LogP contribution is 2.31. The molecule has 3 aromatic heterocycles. The number of amides is 1. The van der Waals surface area contributed by atoms with Crippen LogP contribution in [0.5, 0.6) is 0 Å². The minimum Gasteiger partial charge on any atom is -0.356 e. The number of hydrogen-bond donors (Lipinski definition) is 0. The summed E-state index contributed by atoms with van der Waals surface area (Å²) in [6, 6.07) is 17.8. The molecule has 0 fully saturated rings. The zero-order valence-electron chi connectivity index (χ0n) is 18.4. The minimum absolute atomic E-state index is 0.110. The van der Waals surface area contributed by atoms with Crippen molar-refractivity contribution in [1.29, 1.82) is 0 Å². The molecule has 0 bridgehead atoms. The summed E-state index contributed by atoms with van der Waals surface area (Å²) in [5.74, 6) is 0.804. The normalized spacial score (nSPS) is 13.3. The standard InChI is InChI=1S/C26H20FN5O2/c1-16-20(14-28-32(16)24-11-8-17-4-2-3-5-22(17)29-24)26(33)31-13-12-23-21(15-31)25(34-30-23)18-6-9-19(27)10-7-18/h2-11,14H,12-13,15H2,1H3. The molecule has 0 saturated heterocycles. The van der Waals surface area contributed by atoms with Crippen LogP contribution >= 0.6 is 0 Å². The number of aromatic nitrogens is 4. The number of rotatable bonds is 3. The van der Waals surface area contributed by atoms with E-state index in [2.05, 4.69) is 10.3 Å². The van der Waals surface area contributed by atoms with E-state index in [4.69, 9.17) is 9.51 Å². The van der Waals surface area contributed by atoms with Crippen molar-refractivity contribution in [1.82, 2.24) is 24.8 Å². The van der Waals surface area contributed by atoms with Gasteiger partial charge in [-0.15, -0.1) is 0 Å². The van der Waals surface area contributed by atoms with Gasteiger partial charge in [0.2, 0.25) is 0 Å². The van der Waals surface area contributed by atoms with Crippen LogP contribution < -0.4 is 0 Å². The van der Waals surface area contributed by atoms with Gasteiger partial charge >= 0.3 is 0 Å². The van der Waals surface area contributed by atoms with Gasteiger partial charge in [-0.25, -0.2) is 14.1 Å².